The minimum Gasteiger partial charge on any atom is -0.346 e. The molecule has 102 valence electrons. The van der Waals surface area contributed by atoms with E-state index in [2.05, 4.69) is 54.7 Å². The molecule has 2 heterocycles. The molecular weight excluding hydrogens is 262 g/mol. The van der Waals surface area contributed by atoms with Crippen LogP contribution >= 0.6 is 23.1 Å². The topological polar surface area (TPSA) is 28.2 Å². The van der Waals surface area contributed by atoms with Crippen molar-refractivity contribution in [2.75, 3.05) is 18.0 Å². The Kier molecular flexibility index (Phi) is 4.92. The van der Waals surface area contributed by atoms with Crippen LogP contribution < -0.4 is 10.2 Å². The number of nitrogens with one attached hydrogen (secondary N) is 1. The van der Waals surface area contributed by atoms with Crippen LogP contribution in [0, 0.1) is 0 Å². The second-order valence-electron chi connectivity index (χ2n) is 5.31. The number of hydrogen-bond acceptors (Lipinski definition) is 5. The highest BCUT2D eigenvalue weighted by molar-refractivity contribution is 8.00. The summed E-state index contributed by atoms with van der Waals surface area (Å²) in [5.41, 5.74) is 0. The Morgan fingerprint density at radius 2 is 2.06 bits per heavy atom. The molecule has 1 aromatic heterocycles. The maximum Gasteiger partial charge on any atom is 0.185 e. The van der Waals surface area contributed by atoms with Crippen molar-refractivity contribution in [1.82, 2.24) is 10.3 Å². The van der Waals surface area contributed by atoms with Gasteiger partial charge in [-0.05, 0) is 0 Å². The van der Waals surface area contributed by atoms with Gasteiger partial charge in [0.1, 0.15) is 0 Å². The van der Waals surface area contributed by atoms with E-state index in [4.69, 9.17) is 0 Å². The maximum absolute atomic E-state index is 4.58. The molecule has 0 spiro atoms. The lowest BCUT2D eigenvalue weighted by atomic mass is 10.3. The van der Waals surface area contributed by atoms with Crippen LogP contribution in [-0.4, -0.2) is 34.6 Å². The summed E-state index contributed by atoms with van der Waals surface area (Å²) in [4.78, 5) is 8.35. The number of nitrogens with zero attached hydrogens (tertiary/aromatic N) is 2. The van der Waals surface area contributed by atoms with Crippen LogP contribution in [0.1, 0.15) is 32.6 Å². The van der Waals surface area contributed by atoms with Crippen LogP contribution in [0.25, 0.3) is 0 Å². The molecule has 2 rings (SSSR count). The Morgan fingerprint density at radius 3 is 2.67 bits per heavy atom. The highest BCUT2D eigenvalue weighted by Gasteiger charge is 2.24. The second kappa shape index (κ2) is 6.26. The molecule has 3 nitrogen and oxygen atoms in total. The molecule has 1 N–H and O–H groups in total. The molecule has 2 atom stereocenters. The number of hydrogen-bond donors (Lipinski definition) is 1. The summed E-state index contributed by atoms with van der Waals surface area (Å²) < 4.78 is 0. The number of anilines is 1. The van der Waals surface area contributed by atoms with Crippen molar-refractivity contribution in [1.29, 1.82) is 0 Å². The van der Waals surface area contributed by atoms with Gasteiger partial charge in [0.15, 0.2) is 5.13 Å². The van der Waals surface area contributed by atoms with Gasteiger partial charge in [-0.25, -0.2) is 4.98 Å². The van der Waals surface area contributed by atoms with E-state index < -0.39 is 0 Å². The van der Waals surface area contributed by atoms with E-state index in [1.807, 2.05) is 17.5 Å². The standard InChI is InChI=1S/C13H23N3S2/c1-9(2)14-5-12-6-15-13(18-12)16-7-10(3)17-11(4)8-16/h6,9-11,14H,5,7-8H2,1-4H3. The summed E-state index contributed by atoms with van der Waals surface area (Å²) in [6.07, 6.45) is 2.02. The molecule has 0 radical (unpaired) electrons. The van der Waals surface area contributed by atoms with Gasteiger partial charge in [-0.15, -0.1) is 11.3 Å². The Morgan fingerprint density at radius 1 is 1.39 bits per heavy atom. The molecule has 1 fully saturated rings. The number of aromatic nitrogens is 1. The smallest absolute Gasteiger partial charge is 0.185 e. The fraction of sp³-hybridized carbons (Fsp3) is 0.769. The molecule has 0 bridgehead atoms. The molecule has 1 aliphatic heterocycles. The largest absolute Gasteiger partial charge is 0.346 e. The van der Waals surface area contributed by atoms with Crippen LogP contribution in [0.2, 0.25) is 0 Å². The van der Waals surface area contributed by atoms with Gasteiger partial charge in [-0.2, -0.15) is 11.8 Å². The highest BCUT2D eigenvalue weighted by Crippen LogP contribution is 2.30. The summed E-state index contributed by atoms with van der Waals surface area (Å²) in [7, 11) is 0. The lowest BCUT2D eigenvalue weighted by molar-refractivity contribution is 0.593. The third-order valence-corrected chi connectivity index (χ3v) is 5.20. The van der Waals surface area contributed by atoms with Crippen LogP contribution in [0.15, 0.2) is 6.20 Å². The van der Waals surface area contributed by atoms with Crippen molar-refractivity contribution in [3.05, 3.63) is 11.1 Å². The summed E-state index contributed by atoms with van der Waals surface area (Å²) in [5.74, 6) is 0. The first-order chi connectivity index (χ1) is 8.54. The van der Waals surface area contributed by atoms with Crippen LogP contribution in [0.3, 0.4) is 0 Å². The molecular formula is C13H23N3S2. The lowest BCUT2D eigenvalue weighted by Gasteiger charge is -2.34. The molecule has 0 amide bonds. The predicted octanol–water partition coefficient (Wildman–Crippen LogP) is 2.97. The number of thiazole rings is 1. The summed E-state index contributed by atoms with van der Waals surface area (Å²) in [6.45, 7) is 12.1. The molecule has 18 heavy (non-hydrogen) atoms. The van der Waals surface area contributed by atoms with Crippen molar-refractivity contribution in [2.45, 2.75) is 50.8 Å². The van der Waals surface area contributed by atoms with Crippen LogP contribution in [0.5, 0.6) is 0 Å². The van der Waals surface area contributed by atoms with Crippen molar-refractivity contribution < 1.29 is 0 Å². The van der Waals surface area contributed by atoms with Gasteiger partial charge in [0.25, 0.3) is 0 Å². The molecule has 0 saturated carbocycles. The van der Waals surface area contributed by atoms with Crippen LogP contribution in [-0.2, 0) is 6.54 Å². The highest BCUT2D eigenvalue weighted by atomic mass is 32.2. The van der Waals surface area contributed by atoms with E-state index in [0.717, 1.165) is 19.6 Å². The van der Waals surface area contributed by atoms with Gasteiger partial charge in [-0.3, -0.25) is 0 Å². The first-order valence-electron chi connectivity index (χ1n) is 6.63. The van der Waals surface area contributed by atoms with Gasteiger partial charge in [0.05, 0.1) is 0 Å². The van der Waals surface area contributed by atoms with Gasteiger partial charge < -0.3 is 10.2 Å². The van der Waals surface area contributed by atoms with Gasteiger partial charge in [-0.1, -0.05) is 27.7 Å². The normalized spacial score (nSPS) is 24.8. The van der Waals surface area contributed by atoms with Crippen LogP contribution in [0.4, 0.5) is 5.13 Å². The van der Waals surface area contributed by atoms with Crippen molar-refractivity contribution in [3.8, 4) is 0 Å². The average Bonchev–Trinajstić information content (AvgIpc) is 2.73. The average molecular weight is 285 g/mol. The molecule has 2 unspecified atom stereocenters. The monoisotopic (exact) mass is 285 g/mol. The summed E-state index contributed by atoms with van der Waals surface area (Å²) in [6, 6.07) is 0.530. The first kappa shape index (κ1) is 14.2. The van der Waals surface area contributed by atoms with Gasteiger partial charge in [0.2, 0.25) is 0 Å². The maximum atomic E-state index is 4.58. The predicted molar refractivity (Wildman–Crippen MR) is 82.8 cm³/mol. The Hall–Kier alpha value is -0.260. The Bertz CT molecular complexity index is 368. The second-order valence-corrected chi connectivity index (χ2v) is 8.28. The third kappa shape index (κ3) is 3.87. The fourth-order valence-corrected chi connectivity index (χ4v) is 4.37. The molecule has 5 heteroatoms. The lowest BCUT2D eigenvalue weighted by Crippen LogP contribution is -2.40. The fourth-order valence-electron chi connectivity index (χ4n) is 2.16. The molecule has 1 aliphatic rings. The van der Waals surface area contributed by atoms with E-state index in [-0.39, 0.29) is 0 Å². The number of rotatable bonds is 4. The quantitative estimate of drug-likeness (QED) is 0.920. The van der Waals surface area contributed by atoms with Gasteiger partial charge in [0, 0.05) is 47.2 Å². The molecule has 1 aromatic rings. The first-order valence-corrected chi connectivity index (χ1v) is 8.39. The molecule has 1 saturated heterocycles. The Balaban J connectivity index is 1.96. The zero-order valence-corrected chi connectivity index (χ0v) is 13.3. The van der Waals surface area contributed by atoms with E-state index in [1.54, 1.807) is 0 Å². The van der Waals surface area contributed by atoms with E-state index in [1.165, 1.54) is 10.0 Å². The summed E-state index contributed by atoms with van der Waals surface area (Å²) >= 11 is 3.91. The Labute approximate surface area is 118 Å². The third-order valence-electron chi connectivity index (χ3n) is 2.92. The molecule has 0 aromatic carbocycles. The van der Waals surface area contributed by atoms with Crippen molar-refractivity contribution in [3.63, 3.8) is 0 Å². The van der Waals surface area contributed by atoms with Crippen molar-refractivity contribution >= 4 is 28.2 Å². The van der Waals surface area contributed by atoms with Crippen molar-refractivity contribution in [2.24, 2.45) is 0 Å². The molecule has 0 aliphatic carbocycles. The minimum atomic E-state index is 0.530. The van der Waals surface area contributed by atoms with E-state index >= 15 is 0 Å². The van der Waals surface area contributed by atoms with E-state index in [9.17, 15) is 0 Å². The van der Waals surface area contributed by atoms with Gasteiger partial charge >= 0.3 is 0 Å². The summed E-state index contributed by atoms with van der Waals surface area (Å²) in [5, 5.41) is 6.04. The SMILES string of the molecule is CC(C)NCc1cnc(N2CC(C)SC(C)C2)s1. The van der Waals surface area contributed by atoms with E-state index in [0.29, 0.717) is 16.5 Å². The minimum absolute atomic E-state index is 0.530. The zero-order chi connectivity index (χ0) is 13.1. The zero-order valence-electron chi connectivity index (χ0n) is 11.6. The number of thioether (sulfide) groups is 1.